The van der Waals surface area contributed by atoms with Crippen molar-refractivity contribution in [1.82, 2.24) is 9.97 Å². The minimum Gasteiger partial charge on any atom is -0.394 e. The molecule has 3 aliphatic carbocycles. The molecule has 7 rings (SSSR count). The quantitative estimate of drug-likeness (QED) is 0.642. The zero-order chi connectivity index (χ0) is 23.1. The Bertz CT molecular complexity index is 1140. The summed E-state index contributed by atoms with van der Waals surface area (Å²) >= 11 is 6.09. The molecule has 3 atom stereocenters. The first kappa shape index (κ1) is 21.6. The van der Waals surface area contributed by atoms with E-state index in [1.165, 1.54) is 18.4 Å². The number of aromatic nitrogens is 2. The largest absolute Gasteiger partial charge is 0.394 e. The molecule has 2 aromatic rings. The first-order chi connectivity index (χ1) is 16.5. The van der Waals surface area contributed by atoms with Gasteiger partial charge in [0.25, 0.3) is 0 Å². The number of hydrogen-bond donors (Lipinski definition) is 2. The van der Waals surface area contributed by atoms with Gasteiger partial charge in [-0.25, -0.2) is 4.98 Å². The summed E-state index contributed by atoms with van der Waals surface area (Å²) in [5.41, 5.74) is 2.09. The average molecular weight is 499 g/mol. The van der Waals surface area contributed by atoms with Gasteiger partial charge in [-0.1, -0.05) is 23.7 Å². The molecule has 8 heteroatoms. The fourth-order valence-electron chi connectivity index (χ4n) is 6.81. The molecule has 0 bridgehead atoms. The molecule has 1 aromatic heterocycles. The second-order valence-corrected chi connectivity index (χ2v) is 13.2. The summed E-state index contributed by atoms with van der Waals surface area (Å²) in [6.07, 6.45) is 7.48. The van der Waals surface area contributed by atoms with E-state index in [0.29, 0.717) is 29.3 Å². The maximum Gasteiger partial charge on any atom is 0.227 e. The molecule has 3 heterocycles. The Morgan fingerprint density at radius 2 is 1.79 bits per heavy atom. The summed E-state index contributed by atoms with van der Waals surface area (Å²) in [5.74, 6) is 4.08. The van der Waals surface area contributed by atoms with Crippen LogP contribution in [0.1, 0.15) is 62.1 Å². The van der Waals surface area contributed by atoms with Crippen LogP contribution in [-0.4, -0.2) is 50.3 Å². The zero-order valence-electron chi connectivity index (χ0n) is 19.3. The van der Waals surface area contributed by atoms with Crippen LogP contribution in [0.25, 0.3) is 0 Å². The third kappa shape index (κ3) is 3.34. The number of nitrogens with one attached hydrogen (secondary N) is 1. The topological polar surface area (TPSA) is 78.4 Å². The third-order valence-corrected chi connectivity index (χ3v) is 11.1. The van der Waals surface area contributed by atoms with E-state index in [1.54, 1.807) is 0 Å². The van der Waals surface area contributed by atoms with Crippen molar-refractivity contribution in [1.29, 1.82) is 0 Å². The number of benzene rings is 1. The summed E-state index contributed by atoms with van der Waals surface area (Å²) in [4.78, 5) is 13.2. The predicted molar refractivity (Wildman–Crippen MR) is 134 cm³/mol. The third-order valence-electron chi connectivity index (χ3n) is 9.22. The van der Waals surface area contributed by atoms with Crippen LogP contribution in [0.3, 0.4) is 0 Å². The molecule has 5 aliphatic rings. The molecule has 4 fully saturated rings. The maximum atomic E-state index is 13.1. The molecular formula is C26H31ClN4O2S. The van der Waals surface area contributed by atoms with Crippen LogP contribution in [0.2, 0.25) is 5.02 Å². The standard InChI is InChI=1S/C26H31ClN4O2S/c27-20-4-2-16(3-5-20)17-10-18-12-31(13-19(18)11-17)24-28-22-21(34(33)15-25(22)8-9-25)23(29-24)30-26(14-32)6-1-7-26/h2-5,17-19,32H,1,6-15H2,(H,28,29,30)/t17?,18?,19?,34-/m0/s1. The van der Waals surface area contributed by atoms with Crippen LogP contribution in [0.15, 0.2) is 29.2 Å². The number of hydrogen-bond acceptors (Lipinski definition) is 6. The van der Waals surface area contributed by atoms with Gasteiger partial charge in [-0.05, 0) is 80.4 Å². The molecule has 0 amide bonds. The van der Waals surface area contributed by atoms with Crippen molar-refractivity contribution >= 4 is 34.2 Å². The SMILES string of the molecule is O=[S@]1CC2(CC2)c2nc(N3CC4CC(c5ccc(Cl)cc5)CC4C3)nc(NC3(CO)CCC3)c21. The van der Waals surface area contributed by atoms with Gasteiger partial charge in [0.2, 0.25) is 5.95 Å². The highest BCUT2D eigenvalue weighted by molar-refractivity contribution is 7.85. The van der Waals surface area contributed by atoms with Crippen LogP contribution in [-0.2, 0) is 16.2 Å². The average Bonchev–Trinajstić information content (AvgIpc) is 3.16. The summed E-state index contributed by atoms with van der Waals surface area (Å²) in [5, 5.41) is 14.4. The highest BCUT2D eigenvalue weighted by Gasteiger charge is 2.55. The molecule has 2 aliphatic heterocycles. The van der Waals surface area contributed by atoms with Gasteiger partial charge in [0.05, 0.1) is 28.6 Å². The number of anilines is 2. The van der Waals surface area contributed by atoms with E-state index in [9.17, 15) is 9.32 Å². The van der Waals surface area contributed by atoms with Gasteiger partial charge in [0, 0.05) is 29.3 Å². The molecule has 0 radical (unpaired) electrons. The smallest absolute Gasteiger partial charge is 0.227 e. The molecule has 3 saturated carbocycles. The van der Waals surface area contributed by atoms with Gasteiger partial charge in [-0.2, -0.15) is 4.98 Å². The van der Waals surface area contributed by atoms with E-state index in [4.69, 9.17) is 21.6 Å². The number of halogens is 1. The molecule has 1 aromatic carbocycles. The lowest BCUT2D eigenvalue weighted by Gasteiger charge is -2.41. The molecular weight excluding hydrogens is 468 g/mol. The first-order valence-electron chi connectivity index (χ1n) is 12.7. The molecule has 34 heavy (non-hydrogen) atoms. The van der Waals surface area contributed by atoms with Crippen LogP contribution in [0.4, 0.5) is 11.8 Å². The number of aliphatic hydroxyl groups is 1. The monoisotopic (exact) mass is 498 g/mol. The van der Waals surface area contributed by atoms with Gasteiger partial charge in [-0.15, -0.1) is 0 Å². The highest BCUT2D eigenvalue weighted by Crippen LogP contribution is 2.56. The van der Waals surface area contributed by atoms with Crippen molar-refractivity contribution in [2.75, 3.05) is 35.7 Å². The minimum absolute atomic E-state index is 0.00439. The number of rotatable bonds is 5. The highest BCUT2D eigenvalue weighted by atomic mass is 35.5. The van der Waals surface area contributed by atoms with Gasteiger partial charge in [0.15, 0.2) is 0 Å². The molecule has 1 spiro atoms. The Labute approximate surface area is 208 Å². The van der Waals surface area contributed by atoms with Gasteiger partial charge in [-0.3, -0.25) is 4.21 Å². The van der Waals surface area contributed by atoms with Crippen molar-refractivity contribution in [2.45, 2.75) is 66.7 Å². The molecule has 1 saturated heterocycles. The molecule has 2 unspecified atom stereocenters. The van der Waals surface area contributed by atoms with Crippen LogP contribution >= 0.6 is 11.6 Å². The second-order valence-electron chi connectivity index (χ2n) is 11.4. The van der Waals surface area contributed by atoms with E-state index in [1.807, 2.05) is 12.1 Å². The second kappa shape index (κ2) is 7.65. The van der Waals surface area contributed by atoms with Crippen molar-refractivity contribution in [2.24, 2.45) is 11.8 Å². The van der Waals surface area contributed by atoms with Crippen LogP contribution < -0.4 is 10.2 Å². The number of fused-ring (bicyclic) bond motifs is 3. The lowest BCUT2D eigenvalue weighted by molar-refractivity contribution is 0.143. The predicted octanol–water partition coefficient (Wildman–Crippen LogP) is 4.24. The lowest BCUT2D eigenvalue weighted by Crippen LogP contribution is -2.48. The van der Waals surface area contributed by atoms with Crippen LogP contribution in [0.5, 0.6) is 0 Å². The van der Waals surface area contributed by atoms with E-state index < -0.39 is 10.8 Å². The fraction of sp³-hybridized carbons (Fsp3) is 0.615. The summed E-state index contributed by atoms with van der Waals surface area (Å²) < 4.78 is 13.1. The first-order valence-corrected chi connectivity index (χ1v) is 14.4. The van der Waals surface area contributed by atoms with E-state index >= 15 is 0 Å². The molecule has 2 N–H and O–H groups in total. The van der Waals surface area contributed by atoms with E-state index in [0.717, 1.165) is 66.8 Å². The molecule has 180 valence electrons. The van der Waals surface area contributed by atoms with Crippen molar-refractivity contribution in [3.8, 4) is 0 Å². The summed E-state index contributed by atoms with van der Waals surface area (Å²) in [6, 6.07) is 8.37. The number of aliphatic hydroxyl groups excluding tert-OH is 1. The zero-order valence-corrected chi connectivity index (χ0v) is 20.9. The van der Waals surface area contributed by atoms with E-state index in [2.05, 4.69) is 22.3 Å². The Morgan fingerprint density at radius 3 is 2.38 bits per heavy atom. The van der Waals surface area contributed by atoms with Crippen LogP contribution in [0, 0.1) is 11.8 Å². The summed E-state index contributed by atoms with van der Waals surface area (Å²) in [7, 11) is -1.07. The fourth-order valence-corrected chi connectivity index (χ4v) is 8.80. The Kier molecular flexibility index (Phi) is 4.85. The maximum absolute atomic E-state index is 13.1. The van der Waals surface area contributed by atoms with Crippen molar-refractivity contribution in [3.63, 3.8) is 0 Å². The molecule has 6 nitrogen and oxygen atoms in total. The van der Waals surface area contributed by atoms with Gasteiger partial charge in [0.1, 0.15) is 10.7 Å². The van der Waals surface area contributed by atoms with Gasteiger partial charge < -0.3 is 15.3 Å². The Balaban J connectivity index is 1.16. The van der Waals surface area contributed by atoms with Crippen molar-refractivity contribution < 1.29 is 9.32 Å². The van der Waals surface area contributed by atoms with E-state index in [-0.39, 0.29) is 17.6 Å². The normalized spacial score (nSPS) is 31.9. The van der Waals surface area contributed by atoms with Crippen molar-refractivity contribution in [3.05, 3.63) is 40.5 Å². The lowest BCUT2D eigenvalue weighted by atomic mass is 9.77. The Hall–Kier alpha value is -1.70. The Morgan fingerprint density at radius 1 is 1.09 bits per heavy atom. The minimum atomic E-state index is -1.07. The number of nitrogens with zero attached hydrogens (tertiary/aromatic N) is 3. The summed E-state index contributed by atoms with van der Waals surface area (Å²) in [6.45, 7) is 2.04. The van der Waals surface area contributed by atoms with Gasteiger partial charge >= 0.3 is 0 Å².